The molecule has 4 nitrogen and oxygen atoms in total. The van der Waals surface area contributed by atoms with Crippen molar-refractivity contribution in [3.8, 4) is 0 Å². The average molecular weight is 268 g/mol. The summed E-state index contributed by atoms with van der Waals surface area (Å²) in [5, 5.41) is 5.59. The van der Waals surface area contributed by atoms with Gasteiger partial charge in [-0.1, -0.05) is 0 Å². The molecule has 0 spiro atoms. The van der Waals surface area contributed by atoms with Gasteiger partial charge in [0, 0.05) is 19.6 Å². The second-order valence-corrected chi connectivity index (χ2v) is 4.21. The molecule has 0 amide bonds. The highest BCUT2D eigenvalue weighted by atomic mass is 19.4. The lowest BCUT2D eigenvalue weighted by Gasteiger charge is -2.13. The van der Waals surface area contributed by atoms with Crippen LogP contribution in [0.3, 0.4) is 0 Å². The Morgan fingerprint density at radius 1 is 1.22 bits per heavy atom. The molecular formula is C11H23F3N4. The second-order valence-electron chi connectivity index (χ2n) is 4.21. The molecule has 0 rings (SSSR count). The van der Waals surface area contributed by atoms with Gasteiger partial charge < -0.3 is 15.5 Å². The van der Waals surface area contributed by atoms with Crippen LogP contribution in [0.4, 0.5) is 13.2 Å². The molecule has 0 fully saturated rings. The van der Waals surface area contributed by atoms with Crippen molar-refractivity contribution in [1.29, 1.82) is 0 Å². The lowest BCUT2D eigenvalue weighted by molar-refractivity contribution is -0.132. The highest BCUT2D eigenvalue weighted by molar-refractivity contribution is 5.79. The van der Waals surface area contributed by atoms with Gasteiger partial charge in [0.15, 0.2) is 5.96 Å². The zero-order valence-electron chi connectivity index (χ0n) is 11.3. The molecule has 0 aromatic heterocycles. The molecule has 7 heteroatoms. The summed E-state index contributed by atoms with van der Waals surface area (Å²) in [4.78, 5) is 6.25. The molecule has 2 N–H and O–H groups in total. The first-order valence-electron chi connectivity index (χ1n) is 6.09. The summed E-state index contributed by atoms with van der Waals surface area (Å²) in [5.41, 5.74) is 0. The van der Waals surface area contributed by atoms with E-state index in [4.69, 9.17) is 0 Å². The van der Waals surface area contributed by atoms with E-state index in [9.17, 15) is 13.2 Å². The molecule has 0 saturated carbocycles. The summed E-state index contributed by atoms with van der Waals surface area (Å²) >= 11 is 0. The normalized spacial score (nSPS) is 12.9. The van der Waals surface area contributed by atoms with Crippen molar-refractivity contribution in [2.75, 3.05) is 40.3 Å². The Morgan fingerprint density at radius 2 is 1.89 bits per heavy atom. The van der Waals surface area contributed by atoms with Gasteiger partial charge in [0.1, 0.15) is 0 Å². The van der Waals surface area contributed by atoms with Gasteiger partial charge >= 0.3 is 6.18 Å². The molecule has 0 atom stereocenters. The van der Waals surface area contributed by atoms with E-state index >= 15 is 0 Å². The second kappa shape index (κ2) is 9.02. The van der Waals surface area contributed by atoms with Crippen LogP contribution in [0.15, 0.2) is 4.99 Å². The van der Waals surface area contributed by atoms with Crippen LogP contribution in [0, 0.1) is 0 Å². The van der Waals surface area contributed by atoms with Gasteiger partial charge in [-0.3, -0.25) is 4.99 Å². The third-order valence-electron chi connectivity index (χ3n) is 2.08. The first-order valence-corrected chi connectivity index (χ1v) is 6.09. The molecule has 0 aliphatic heterocycles. The highest BCUT2D eigenvalue weighted by Crippen LogP contribution is 2.17. The molecule has 0 heterocycles. The maximum absolute atomic E-state index is 12.0. The smallest absolute Gasteiger partial charge is 0.357 e. The molecule has 0 aromatic carbocycles. The molecule has 0 bridgehead atoms. The van der Waals surface area contributed by atoms with Crippen LogP contribution in [0.5, 0.6) is 0 Å². The largest absolute Gasteiger partial charge is 0.390 e. The highest BCUT2D eigenvalue weighted by Gasteiger charge is 2.26. The maximum atomic E-state index is 12.0. The van der Waals surface area contributed by atoms with Crippen LogP contribution in [-0.4, -0.2) is 57.3 Å². The molecule has 0 unspecified atom stereocenters. The van der Waals surface area contributed by atoms with Crippen LogP contribution in [0.1, 0.15) is 19.8 Å². The summed E-state index contributed by atoms with van der Waals surface area (Å²) in [6.45, 7) is 3.86. The number of nitrogens with zero attached hydrogens (tertiary/aromatic N) is 2. The van der Waals surface area contributed by atoms with E-state index < -0.39 is 12.6 Å². The van der Waals surface area contributed by atoms with Gasteiger partial charge in [-0.05, 0) is 34.0 Å². The fraction of sp³-hybridized carbons (Fsp3) is 0.909. The molecule has 0 radical (unpaired) electrons. The van der Waals surface area contributed by atoms with E-state index in [1.807, 2.05) is 25.9 Å². The number of halogens is 3. The topological polar surface area (TPSA) is 39.7 Å². The van der Waals surface area contributed by atoms with E-state index in [-0.39, 0.29) is 6.54 Å². The lowest BCUT2D eigenvalue weighted by atomic mass is 10.4. The standard InChI is InChI=1S/C11H23F3N4/c1-4-15-10(16-7-5-9-18(2)3)17-8-6-11(12,13)14/h4-9H2,1-3H3,(H2,15,16,17). The van der Waals surface area contributed by atoms with E-state index in [1.54, 1.807) is 0 Å². The maximum Gasteiger partial charge on any atom is 0.390 e. The SMILES string of the molecule is CCNC(=NCCCN(C)C)NCCC(F)(F)F. The number of hydrogen-bond donors (Lipinski definition) is 2. The van der Waals surface area contributed by atoms with Crippen molar-refractivity contribution in [2.45, 2.75) is 25.9 Å². The molecule has 0 aromatic rings. The van der Waals surface area contributed by atoms with Gasteiger partial charge in [0.2, 0.25) is 0 Å². The minimum atomic E-state index is -4.13. The molecule has 18 heavy (non-hydrogen) atoms. The predicted molar refractivity (Wildman–Crippen MR) is 67.8 cm³/mol. The van der Waals surface area contributed by atoms with Crippen molar-refractivity contribution in [1.82, 2.24) is 15.5 Å². The predicted octanol–water partition coefficient (Wildman–Crippen LogP) is 1.45. The van der Waals surface area contributed by atoms with E-state index in [0.717, 1.165) is 13.0 Å². The number of rotatable bonds is 7. The van der Waals surface area contributed by atoms with Gasteiger partial charge in [-0.25, -0.2) is 0 Å². The molecular weight excluding hydrogens is 245 g/mol. The van der Waals surface area contributed by atoms with Crippen LogP contribution < -0.4 is 10.6 Å². The van der Waals surface area contributed by atoms with Crippen molar-refractivity contribution in [2.24, 2.45) is 4.99 Å². The molecule has 0 saturated heterocycles. The number of hydrogen-bond acceptors (Lipinski definition) is 2. The van der Waals surface area contributed by atoms with Crippen LogP contribution in [-0.2, 0) is 0 Å². The summed E-state index contributed by atoms with van der Waals surface area (Å²) in [7, 11) is 3.94. The average Bonchev–Trinajstić information content (AvgIpc) is 2.22. The van der Waals surface area contributed by atoms with Gasteiger partial charge in [-0.15, -0.1) is 0 Å². The first-order chi connectivity index (χ1) is 8.35. The summed E-state index contributed by atoms with van der Waals surface area (Å²) in [6.07, 6.45) is -4.10. The van der Waals surface area contributed by atoms with Crippen LogP contribution in [0.25, 0.3) is 0 Å². The third-order valence-corrected chi connectivity index (χ3v) is 2.08. The quantitative estimate of drug-likeness (QED) is 0.417. The number of nitrogens with one attached hydrogen (secondary N) is 2. The minimum Gasteiger partial charge on any atom is -0.357 e. The number of aliphatic imine (C=N–C) groups is 1. The van der Waals surface area contributed by atoms with Crippen molar-refractivity contribution >= 4 is 5.96 Å². The van der Waals surface area contributed by atoms with Gasteiger partial charge in [0.05, 0.1) is 6.42 Å². The molecule has 108 valence electrons. The van der Waals surface area contributed by atoms with E-state index in [2.05, 4.69) is 15.6 Å². The van der Waals surface area contributed by atoms with E-state index in [1.165, 1.54) is 0 Å². The minimum absolute atomic E-state index is 0.150. The summed E-state index contributed by atoms with van der Waals surface area (Å²) < 4.78 is 35.9. The monoisotopic (exact) mass is 268 g/mol. The summed E-state index contributed by atoms with van der Waals surface area (Å²) in [5.74, 6) is 0.445. The Balaban J connectivity index is 3.93. The van der Waals surface area contributed by atoms with Crippen molar-refractivity contribution in [3.05, 3.63) is 0 Å². The van der Waals surface area contributed by atoms with Gasteiger partial charge in [0.25, 0.3) is 0 Å². The zero-order chi connectivity index (χ0) is 14.0. The van der Waals surface area contributed by atoms with Gasteiger partial charge in [-0.2, -0.15) is 13.2 Å². The Labute approximate surface area is 107 Å². The Bertz CT molecular complexity index is 239. The number of alkyl halides is 3. The fourth-order valence-electron chi connectivity index (χ4n) is 1.24. The van der Waals surface area contributed by atoms with Crippen molar-refractivity contribution in [3.63, 3.8) is 0 Å². The molecule has 0 aliphatic rings. The number of guanidine groups is 1. The Kier molecular flexibility index (Phi) is 8.53. The van der Waals surface area contributed by atoms with Crippen LogP contribution in [0.2, 0.25) is 0 Å². The molecule has 0 aliphatic carbocycles. The first kappa shape index (κ1) is 17.0. The third kappa shape index (κ3) is 11.5. The Morgan fingerprint density at radius 3 is 2.39 bits per heavy atom. The fourth-order valence-corrected chi connectivity index (χ4v) is 1.24. The van der Waals surface area contributed by atoms with Crippen molar-refractivity contribution < 1.29 is 13.2 Å². The van der Waals surface area contributed by atoms with E-state index in [0.29, 0.717) is 19.0 Å². The lowest BCUT2D eigenvalue weighted by Crippen LogP contribution is -2.39. The Hall–Kier alpha value is -0.980. The summed E-state index contributed by atoms with van der Waals surface area (Å²) in [6, 6.07) is 0. The van der Waals surface area contributed by atoms with Crippen LogP contribution >= 0.6 is 0 Å². The zero-order valence-corrected chi connectivity index (χ0v) is 11.3.